The molecule has 4 aromatic carbocycles. The number of nitrogens with zero attached hydrogens (tertiary/aromatic N) is 1. The van der Waals surface area contributed by atoms with E-state index in [9.17, 15) is 14.0 Å². The number of thioether (sulfide) groups is 1. The first kappa shape index (κ1) is 25.5. The highest BCUT2D eigenvalue weighted by Crippen LogP contribution is 2.42. The second kappa shape index (κ2) is 11.5. The largest absolute Gasteiger partial charge is 0.351 e. The summed E-state index contributed by atoms with van der Waals surface area (Å²) in [6.07, 6.45) is 1.82. The van der Waals surface area contributed by atoms with Gasteiger partial charge in [-0.2, -0.15) is 0 Å². The van der Waals surface area contributed by atoms with Gasteiger partial charge in [0.1, 0.15) is 5.82 Å². The van der Waals surface area contributed by atoms with Crippen molar-refractivity contribution in [1.29, 1.82) is 0 Å². The summed E-state index contributed by atoms with van der Waals surface area (Å²) < 4.78 is 14.4. The number of hydrogen-bond donors (Lipinski definition) is 1. The van der Waals surface area contributed by atoms with E-state index in [1.54, 1.807) is 35.2 Å². The van der Waals surface area contributed by atoms with Gasteiger partial charge in [0.25, 0.3) is 11.8 Å². The van der Waals surface area contributed by atoms with Crippen molar-refractivity contribution in [3.05, 3.63) is 136 Å². The van der Waals surface area contributed by atoms with Gasteiger partial charge in [-0.05, 0) is 53.5 Å². The predicted octanol–water partition coefficient (Wildman–Crippen LogP) is 7.04. The number of fused-ring (bicyclic) bond motifs is 1. The molecule has 0 unspecified atom stereocenters. The monoisotopic (exact) mass is 522 g/mol. The zero-order chi connectivity index (χ0) is 26.5. The highest BCUT2D eigenvalue weighted by molar-refractivity contribution is 8.04. The molecule has 1 aliphatic rings. The van der Waals surface area contributed by atoms with Crippen LogP contribution in [0.15, 0.2) is 113 Å². The van der Waals surface area contributed by atoms with E-state index in [0.29, 0.717) is 22.6 Å². The van der Waals surface area contributed by atoms with Crippen LogP contribution in [-0.4, -0.2) is 18.4 Å². The lowest BCUT2D eigenvalue weighted by Crippen LogP contribution is -2.34. The second-order valence-corrected chi connectivity index (χ2v) is 10.3. The Hall–Kier alpha value is -4.16. The van der Waals surface area contributed by atoms with Crippen molar-refractivity contribution in [2.75, 3.05) is 11.4 Å². The minimum absolute atomic E-state index is 0.139. The zero-order valence-corrected chi connectivity index (χ0v) is 21.8. The quantitative estimate of drug-likeness (QED) is 0.265. The number of hydrogen-bond acceptors (Lipinski definition) is 3. The Morgan fingerprint density at radius 1 is 0.921 bits per heavy atom. The van der Waals surface area contributed by atoms with Gasteiger partial charge in [-0.1, -0.05) is 91.5 Å². The Kier molecular flexibility index (Phi) is 7.70. The molecule has 1 aliphatic heterocycles. The molecule has 5 rings (SSSR count). The topological polar surface area (TPSA) is 49.4 Å². The summed E-state index contributed by atoms with van der Waals surface area (Å²) in [5.74, 6) is -0.462. The first-order valence-corrected chi connectivity index (χ1v) is 13.3. The maximum Gasteiger partial charge on any atom is 0.265 e. The van der Waals surface area contributed by atoms with Gasteiger partial charge in [-0.15, -0.1) is 0 Å². The summed E-state index contributed by atoms with van der Waals surface area (Å²) in [5.41, 5.74) is 3.76. The number of carbonyl (C=O) groups is 2. The first-order chi connectivity index (χ1) is 18.5. The molecule has 0 bridgehead atoms. The molecule has 0 saturated heterocycles. The minimum atomic E-state index is -0.339. The van der Waals surface area contributed by atoms with Crippen molar-refractivity contribution in [1.82, 2.24) is 5.32 Å². The smallest absolute Gasteiger partial charge is 0.265 e. The molecule has 1 heterocycles. The molecule has 0 saturated carbocycles. The van der Waals surface area contributed by atoms with Crippen molar-refractivity contribution in [2.24, 2.45) is 0 Å². The highest BCUT2D eigenvalue weighted by atomic mass is 32.2. The number of carbonyl (C=O) groups excluding carboxylic acids is 2. The van der Waals surface area contributed by atoms with Crippen LogP contribution < -0.4 is 10.2 Å². The van der Waals surface area contributed by atoms with Gasteiger partial charge in [-0.3, -0.25) is 9.59 Å². The molecule has 38 heavy (non-hydrogen) atoms. The summed E-state index contributed by atoms with van der Waals surface area (Å²) in [5, 5.41) is 3.00. The van der Waals surface area contributed by atoms with Gasteiger partial charge in [0.2, 0.25) is 0 Å². The molecule has 0 aromatic heterocycles. The number of benzene rings is 4. The Labute approximate surface area is 226 Å². The molecule has 0 radical (unpaired) electrons. The van der Waals surface area contributed by atoms with Gasteiger partial charge in [0, 0.05) is 22.6 Å². The van der Waals surface area contributed by atoms with Crippen LogP contribution in [-0.2, 0) is 11.3 Å². The minimum Gasteiger partial charge on any atom is -0.351 e. The Morgan fingerprint density at radius 2 is 1.61 bits per heavy atom. The second-order valence-electron chi connectivity index (χ2n) is 9.20. The van der Waals surface area contributed by atoms with E-state index in [1.807, 2.05) is 60.7 Å². The van der Waals surface area contributed by atoms with Crippen LogP contribution in [0, 0.1) is 5.82 Å². The Morgan fingerprint density at radius 3 is 2.37 bits per heavy atom. The molecule has 1 N–H and O–H groups in total. The number of para-hydroxylation sites is 1. The molecule has 0 aliphatic carbocycles. The third-order valence-corrected chi connectivity index (χ3v) is 7.60. The lowest BCUT2D eigenvalue weighted by molar-refractivity contribution is -0.114. The lowest BCUT2D eigenvalue weighted by atomic mass is 10.0. The number of amides is 2. The maximum atomic E-state index is 14.4. The molecule has 0 fully saturated rings. The fourth-order valence-electron chi connectivity index (χ4n) is 4.35. The van der Waals surface area contributed by atoms with E-state index in [4.69, 9.17) is 0 Å². The van der Waals surface area contributed by atoms with E-state index in [-0.39, 0.29) is 30.1 Å². The van der Waals surface area contributed by atoms with Crippen LogP contribution in [0.25, 0.3) is 6.08 Å². The lowest BCUT2D eigenvalue weighted by Gasteiger charge is -2.30. The van der Waals surface area contributed by atoms with Crippen LogP contribution in [0.1, 0.15) is 39.9 Å². The van der Waals surface area contributed by atoms with Crippen molar-refractivity contribution in [3.63, 3.8) is 0 Å². The molecule has 0 spiro atoms. The predicted molar refractivity (Wildman–Crippen MR) is 151 cm³/mol. The number of rotatable bonds is 7. The van der Waals surface area contributed by atoms with Crippen LogP contribution in [0.5, 0.6) is 0 Å². The first-order valence-electron chi connectivity index (χ1n) is 12.5. The van der Waals surface area contributed by atoms with Gasteiger partial charge >= 0.3 is 0 Å². The van der Waals surface area contributed by atoms with E-state index in [0.717, 1.165) is 16.1 Å². The number of anilines is 1. The van der Waals surface area contributed by atoms with Gasteiger partial charge < -0.3 is 10.2 Å². The molecule has 1 atom stereocenters. The standard InChI is InChI=1S/C32H27FN2O2S/c1-22(24-9-3-2-4-10-24)20-34-31(36)25-17-15-23(16-18-25)19-30-32(37)35(21-26-11-5-6-12-27(26)33)28-13-7-8-14-29(28)38-30/h2-19,22H,20-21H2,1H3,(H,34,36)/b30-19+/t22-/m0/s1. The molecular weight excluding hydrogens is 495 g/mol. The van der Waals surface area contributed by atoms with E-state index >= 15 is 0 Å². The molecular formula is C32H27FN2O2S. The average molecular weight is 523 g/mol. The summed E-state index contributed by atoms with van der Waals surface area (Å²) in [6, 6.07) is 31.4. The summed E-state index contributed by atoms with van der Waals surface area (Å²) in [7, 11) is 0. The molecule has 190 valence electrons. The summed E-state index contributed by atoms with van der Waals surface area (Å²) >= 11 is 1.40. The van der Waals surface area contributed by atoms with Crippen molar-refractivity contribution in [3.8, 4) is 0 Å². The van der Waals surface area contributed by atoms with E-state index in [1.165, 1.54) is 23.4 Å². The Bertz CT molecular complexity index is 1490. The van der Waals surface area contributed by atoms with Crippen LogP contribution in [0.4, 0.5) is 10.1 Å². The fraction of sp³-hybridized carbons (Fsp3) is 0.125. The van der Waals surface area contributed by atoms with Gasteiger partial charge in [0.15, 0.2) is 0 Å². The number of nitrogens with one attached hydrogen (secondary N) is 1. The van der Waals surface area contributed by atoms with Gasteiger partial charge in [0.05, 0.1) is 17.1 Å². The fourth-order valence-corrected chi connectivity index (χ4v) is 5.40. The van der Waals surface area contributed by atoms with Crippen LogP contribution in [0.3, 0.4) is 0 Å². The summed E-state index contributed by atoms with van der Waals surface area (Å²) in [6.45, 7) is 2.76. The molecule has 4 aromatic rings. The average Bonchev–Trinajstić information content (AvgIpc) is 2.95. The maximum absolute atomic E-state index is 14.4. The molecule has 4 nitrogen and oxygen atoms in total. The van der Waals surface area contributed by atoms with Crippen LogP contribution in [0.2, 0.25) is 0 Å². The summed E-state index contributed by atoms with van der Waals surface area (Å²) in [4.78, 5) is 29.3. The third kappa shape index (κ3) is 5.71. The third-order valence-electron chi connectivity index (χ3n) is 6.53. The van der Waals surface area contributed by atoms with Crippen LogP contribution >= 0.6 is 11.8 Å². The molecule has 2 amide bonds. The van der Waals surface area contributed by atoms with E-state index in [2.05, 4.69) is 24.4 Å². The van der Waals surface area contributed by atoms with Crippen molar-refractivity contribution in [2.45, 2.75) is 24.3 Å². The highest BCUT2D eigenvalue weighted by Gasteiger charge is 2.29. The van der Waals surface area contributed by atoms with E-state index < -0.39 is 0 Å². The van der Waals surface area contributed by atoms with Gasteiger partial charge in [-0.25, -0.2) is 4.39 Å². The SMILES string of the molecule is C[C@@H](CNC(=O)c1ccc(/C=C2/Sc3ccccc3N(Cc3ccccc3F)C2=O)cc1)c1ccccc1. The molecule has 6 heteroatoms. The zero-order valence-electron chi connectivity index (χ0n) is 20.9. The normalized spacial score (nSPS) is 14.7. The Balaban J connectivity index is 1.31. The van der Waals surface area contributed by atoms with Crippen molar-refractivity contribution < 1.29 is 14.0 Å². The van der Waals surface area contributed by atoms with Crippen molar-refractivity contribution >= 4 is 35.3 Å². The number of halogens is 1.